The van der Waals surface area contributed by atoms with Crippen LogP contribution in [0.5, 0.6) is 0 Å². The number of hydrogen-bond acceptors (Lipinski definition) is 5. The zero-order valence-corrected chi connectivity index (χ0v) is 19.7. The minimum atomic E-state index is -4.10. The quantitative estimate of drug-likeness (QED) is 0.606. The van der Waals surface area contributed by atoms with Gasteiger partial charge in [-0.1, -0.05) is 47.5 Å². The first kappa shape index (κ1) is 24.2. The van der Waals surface area contributed by atoms with Gasteiger partial charge in [-0.2, -0.15) is 0 Å². The molecule has 2 aromatic rings. The lowest BCUT2D eigenvalue weighted by atomic mass is 10.3. The molecule has 2 aromatic carbocycles. The molecule has 2 amide bonds. The van der Waals surface area contributed by atoms with Gasteiger partial charge in [0.25, 0.3) is 10.0 Å². The maximum Gasteiger partial charge on any atom is 0.409 e. The van der Waals surface area contributed by atoms with Crippen LogP contribution in [0.4, 0.5) is 10.5 Å². The van der Waals surface area contributed by atoms with Gasteiger partial charge >= 0.3 is 6.09 Å². The Hall–Kier alpha value is -2.49. The lowest BCUT2D eigenvalue weighted by Gasteiger charge is -2.35. The molecular formula is C21H23Cl2N3O5S. The summed E-state index contributed by atoms with van der Waals surface area (Å²) in [5.74, 6) is -0.413. The van der Waals surface area contributed by atoms with Crippen molar-refractivity contribution in [3.8, 4) is 0 Å². The van der Waals surface area contributed by atoms with Crippen molar-refractivity contribution in [3.63, 3.8) is 0 Å². The first-order chi connectivity index (χ1) is 15.3. The first-order valence-corrected chi connectivity index (χ1v) is 12.2. The minimum absolute atomic E-state index is 0.0240. The van der Waals surface area contributed by atoms with Crippen molar-refractivity contribution in [1.29, 1.82) is 0 Å². The Balaban J connectivity index is 1.85. The van der Waals surface area contributed by atoms with Gasteiger partial charge in [0.1, 0.15) is 6.54 Å². The second kappa shape index (κ2) is 10.4. The number of piperazine rings is 1. The van der Waals surface area contributed by atoms with Crippen LogP contribution in [0.15, 0.2) is 53.4 Å². The van der Waals surface area contributed by atoms with Crippen LogP contribution in [0.1, 0.15) is 6.92 Å². The number of ether oxygens (including phenoxy) is 1. The smallest absolute Gasteiger partial charge is 0.409 e. The van der Waals surface area contributed by atoms with Crippen LogP contribution in [-0.4, -0.2) is 69.5 Å². The summed E-state index contributed by atoms with van der Waals surface area (Å²) in [6.07, 6.45) is -0.432. The second-order valence-corrected chi connectivity index (χ2v) is 9.61. The Bertz CT molecular complexity index is 1070. The van der Waals surface area contributed by atoms with Crippen molar-refractivity contribution in [1.82, 2.24) is 9.80 Å². The van der Waals surface area contributed by atoms with Gasteiger partial charge in [0.05, 0.1) is 27.2 Å². The molecular weight excluding hydrogens is 477 g/mol. The lowest BCUT2D eigenvalue weighted by Crippen LogP contribution is -2.53. The summed E-state index contributed by atoms with van der Waals surface area (Å²) in [5.41, 5.74) is 0.113. The molecule has 1 aliphatic rings. The van der Waals surface area contributed by atoms with E-state index in [0.717, 1.165) is 4.31 Å². The van der Waals surface area contributed by atoms with E-state index in [0.29, 0.717) is 13.1 Å². The number of benzene rings is 2. The van der Waals surface area contributed by atoms with Crippen molar-refractivity contribution in [2.24, 2.45) is 0 Å². The van der Waals surface area contributed by atoms with Crippen LogP contribution >= 0.6 is 23.2 Å². The Labute approximate surface area is 197 Å². The number of carbonyl (C=O) groups excluding carboxylic acids is 2. The third-order valence-electron chi connectivity index (χ3n) is 4.97. The molecule has 8 nitrogen and oxygen atoms in total. The Morgan fingerprint density at radius 1 is 0.969 bits per heavy atom. The summed E-state index contributed by atoms with van der Waals surface area (Å²) in [5, 5.41) is 0.210. The highest BCUT2D eigenvalue weighted by Gasteiger charge is 2.32. The Morgan fingerprint density at radius 3 is 2.22 bits per heavy atom. The molecule has 0 aliphatic carbocycles. The molecule has 0 saturated carbocycles. The number of rotatable bonds is 6. The van der Waals surface area contributed by atoms with Crippen LogP contribution in [0.2, 0.25) is 10.0 Å². The summed E-state index contributed by atoms with van der Waals surface area (Å²) in [4.78, 5) is 28.0. The lowest BCUT2D eigenvalue weighted by molar-refractivity contribution is -0.131. The largest absolute Gasteiger partial charge is 0.450 e. The summed E-state index contributed by atoms with van der Waals surface area (Å²) in [6, 6.07) is 12.4. The van der Waals surface area contributed by atoms with E-state index in [1.54, 1.807) is 31.2 Å². The van der Waals surface area contributed by atoms with Crippen LogP contribution < -0.4 is 4.31 Å². The summed E-state index contributed by atoms with van der Waals surface area (Å²) in [7, 11) is -4.10. The van der Waals surface area contributed by atoms with E-state index in [9.17, 15) is 18.0 Å². The van der Waals surface area contributed by atoms with Crippen molar-refractivity contribution in [3.05, 3.63) is 58.6 Å². The Kier molecular flexibility index (Phi) is 7.86. The fourth-order valence-electron chi connectivity index (χ4n) is 3.28. The third-order valence-corrected chi connectivity index (χ3v) is 7.55. The van der Waals surface area contributed by atoms with E-state index in [4.69, 9.17) is 27.9 Å². The maximum atomic E-state index is 13.4. The number of halogens is 2. The zero-order chi connectivity index (χ0) is 23.3. The van der Waals surface area contributed by atoms with Gasteiger partial charge in [-0.3, -0.25) is 9.10 Å². The third kappa shape index (κ3) is 5.28. The number of hydrogen-bond donors (Lipinski definition) is 0. The summed E-state index contributed by atoms with van der Waals surface area (Å²) in [6.45, 7) is 2.66. The SMILES string of the molecule is CCOC(=O)N1CCN(C(=O)CN(c2cccc(Cl)c2Cl)S(=O)(=O)c2ccccc2)CC1. The van der Waals surface area contributed by atoms with E-state index in [1.807, 2.05) is 0 Å². The number of carbonyl (C=O) groups is 2. The molecule has 0 spiro atoms. The number of amides is 2. The van der Waals surface area contributed by atoms with Gasteiger partial charge < -0.3 is 14.5 Å². The number of anilines is 1. The molecule has 1 heterocycles. The molecule has 0 radical (unpaired) electrons. The van der Waals surface area contributed by atoms with Gasteiger partial charge in [0.2, 0.25) is 5.91 Å². The fraction of sp³-hybridized carbons (Fsp3) is 0.333. The van der Waals surface area contributed by atoms with E-state index < -0.39 is 28.6 Å². The highest BCUT2D eigenvalue weighted by molar-refractivity contribution is 7.92. The standard InChI is InChI=1S/C21H23Cl2N3O5S/c1-2-31-21(28)25-13-11-24(12-14-25)19(27)15-26(18-10-6-9-17(22)20(18)23)32(29,30)16-7-4-3-5-8-16/h3-10H,2,11-15H2,1H3. The highest BCUT2D eigenvalue weighted by Crippen LogP contribution is 2.35. The van der Waals surface area contributed by atoms with Crippen LogP contribution in [0, 0.1) is 0 Å². The maximum absolute atomic E-state index is 13.4. The number of sulfonamides is 1. The molecule has 1 saturated heterocycles. The van der Waals surface area contributed by atoms with Crippen molar-refractivity contribution in [2.45, 2.75) is 11.8 Å². The normalized spacial score (nSPS) is 14.2. The molecule has 0 bridgehead atoms. The average Bonchev–Trinajstić information content (AvgIpc) is 2.80. The molecule has 0 atom stereocenters. The topological polar surface area (TPSA) is 87.2 Å². The average molecular weight is 500 g/mol. The number of nitrogens with zero attached hydrogens (tertiary/aromatic N) is 3. The van der Waals surface area contributed by atoms with E-state index in [-0.39, 0.29) is 40.3 Å². The Morgan fingerprint density at radius 2 is 1.59 bits per heavy atom. The van der Waals surface area contributed by atoms with Crippen LogP contribution in [-0.2, 0) is 19.6 Å². The molecule has 3 rings (SSSR count). The van der Waals surface area contributed by atoms with E-state index in [2.05, 4.69) is 0 Å². The fourth-order valence-corrected chi connectivity index (χ4v) is 5.18. The predicted molar refractivity (Wildman–Crippen MR) is 123 cm³/mol. The van der Waals surface area contributed by atoms with Gasteiger partial charge in [0.15, 0.2) is 0 Å². The van der Waals surface area contributed by atoms with Gasteiger partial charge in [-0.15, -0.1) is 0 Å². The van der Waals surface area contributed by atoms with E-state index >= 15 is 0 Å². The molecule has 0 unspecified atom stereocenters. The van der Waals surface area contributed by atoms with Crippen molar-refractivity contribution >= 4 is 50.9 Å². The minimum Gasteiger partial charge on any atom is -0.450 e. The molecule has 0 aromatic heterocycles. The molecule has 32 heavy (non-hydrogen) atoms. The molecule has 172 valence electrons. The van der Waals surface area contributed by atoms with Crippen molar-refractivity contribution in [2.75, 3.05) is 43.6 Å². The molecule has 0 N–H and O–H groups in total. The van der Waals surface area contributed by atoms with E-state index in [1.165, 1.54) is 34.1 Å². The predicted octanol–water partition coefficient (Wildman–Crippen LogP) is 3.49. The summed E-state index contributed by atoms with van der Waals surface area (Å²) >= 11 is 12.4. The monoisotopic (exact) mass is 499 g/mol. The van der Waals surface area contributed by atoms with Gasteiger partial charge in [0, 0.05) is 26.2 Å². The van der Waals surface area contributed by atoms with Gasteiger partial charge in [-0.25, -0.2) is 13.2 Å². The van der Waals surface area contributed by atoms with Gasteiger partial charge in [-0.05, 0) is 31.2 Å². The second-order valence-electron chi connectivity index (χ2n) is 6.96. The van der Waals surface area contributed by atoms with Crippen LogP contribution in [0.25, 0.3) is 0 Å². The molecule has 1 aliphatic heterocycles. The molecule has 11 heteroatoms. The molecule has 1 fully saturated rings. The summed E-state index contributed by atoms with van der Waals surface area (Å²) < 4.78 is 32.8. The van der Waals surface area contributed by atoms with Crippen molar-refractivity contribution < 1.29 is 22.7 Å². The highest BCUT2D eigenvalue weighted by atomic mass is 35.5. The van der Waals surface area contributed by atoms with Crippen LogP contribution in [0.3, 0.4) is 0 Å². The zero-order valence-electron chi connectivity index (χ0n) is 17.4. The first-order valence-electron chi connectivity index (χ1n) is 9.97.